The molecule has 0 aromatic rings. The predicted molar refractivity (Wildman–Crippen MR) is 67.1 cm³/mol. The first-order chi connectivity index (χ1) is 7.79. The summed E-state index contributed by atoms with van der Waals surface area (Å²) in [4.78, 5) is 0. The van der Waals surface area contributed by atoms with E-state index in [1.54, 1.807) is 4.31 Å². The highest BCUT2D eigenvalue weighted by molar-refractivity contribution is 7.88. The molecule has 0 spiro atoms. The van der Waals surface area contributed by atoms with Crippen molar-refractivity contribution in [1.29, 1.82) is 0 Å². The zero-order chi connectivity index (χ0) is 12.7. The molecule has 2 aliphatic rings. The molecule has 4 nitrogen and oxygen atoms in total. The van der Waals surface area contributed by atoms with Gasteiger partial charge in [-0.3, -0.25) is 0 Å². The molecule has 1 heterocycles. The molecule has 0 amide bonds. The van der Waals surface area contributed by atoms with Crippen LogP contribution in [0.25, 0.3) is 0 Å². The van der Waals surface area contributed by atoms with Crippen LogP contribution in [0.4, 0.5) is 0 Å². The summed E-state index contributed by atoms with van der Waals surface area (Å²) in [6.45, 7) is 3.13. The maximum Gasteiger partial charge on any atom is 0.211 e. The molecule has 1 N–H and O–H groups in total. The Kier molecular flexibility index (Phi) is 3.54. The third-order valence-electron chi connectivity index (χ3n) is 4.11. The van der Waals surface area contributed by atoms with Crippen molar-refractivity contribution in [2.75, 3.05) is 19.3 Å². The Labute approximate surface area is 104 Å². The molecule has 0 radical (unpaired) electrons. The monoisotopic (exact) mass is 261 g/mol. The van der Waals surface area contributed by atoms with Gasteiger partial charge in [-0.15, -0.1) is 0 Å². The van der Waals surface area contributed by atoms with Crippen LogP contribution in [0, 0.1) is 11.8 Å². The van der Waals surface area contributed by atoms with Gasteiger partial charge >= 0.3 is 0 Å². The van der Waals surface area contributed by atoms with Crippen molar-refractivity contribution in [1.82, 2.24) is 4.31 Å². The Bertz CT molecular complexity index is 373. The Morgan fingerprint density at radius 2 is 2.00 bits per heavy atom. The van der Waals surface area contributed by atoms with E-state index in [1.165, 1.54) is 6.26 Å². The molecular weight excluding hydrogens is 238 g/mol. The molecule has 5 heteroatoms. The molecule has 1 aliphatic carbocycles. The largest absolute Gasteiger partial charge is 0.390 e. The molecule has 17 heavy (non-hydrogen) atoms. The standard InChI is InChI=1S/C12H23NO3S/c1-12(14,11-5-6-11)8-10-4-3-7-13(9-10)17(2,15)16/h10-11,14H,3-9H2,1-2H3. The third kappa shape index (κ3) is 3.42. The van der Waals surface area contributed by atoms with Gasteiger partial charge in [-0.25, -0.2) is 12.7 Å². The van der Waals surface area contributed by atoms with E-state index >= 15 is 0 Å². The summed E-state index contributed by atoms with van der Waals surface area (Å²) in [6, 6.07) is 0. The van der Waals surface area contributed by atoms with Crippen LogP contribution in [0.15, 0.2) is 0 Å². The first-order valence-electron chi connectivity index (χ1n) is 6.46. The third-order valence-corrected chi connectivity index (χ3v) is 5.38. The molecule has 2 unspecified atom stereocenters. The molecule has 0 bridgehead atoms. The molecule has 2 rings (SSSR count). The van der Waals surface area contributed by atoms with Crippen LogP contribution < -0.4 is 0 Å². The minimum absolute atomic E-state index is 0.314. The summed E-state index contributed by atoms with van der Waals surface area (Å²) < 4.78 is 24.6. The molecule has 100 valence electrons. The summed E-state index contributed by atoms with van der Waals surface area (Å²) in [5.74, 6) is 0.755. The zero-order valence-electron chi connectivity index (χ0n) is 10.7. The van der Waals surface area contributed by atoms with E-state index in [-0.39, 0.29) is 0 Å². The molecule has 1 saturated carbocycles. The lowest BCUT2D eigenvalue weighted by atomic mass is 9.84. The highest BCUT2D eigenvalue weighted by atomic mass is 32.2. The van der Waals surface area contributed by atoms with Gasteiger partial charge in [0.05, 0.1) is 11.9 Å². The average molecular weight is 261 g/mol. The van der Waals surface area contributed by atoms with E-state index in [0.717, 1.165) is 32.1 Å². The van der Waals surface area contributed by atoms with Crippen molar-refractivity contribution in [2.45, 2.75) is 44.6 Å². The van der Waals surface area contributed by atoms with Crippen LogP contribution in [-0.2, 0) is 10.0 Å². The normalized spacial score (nSPS) is 31.1. The van der Waals surface area contributed by atoms with E-state index in [1.807, 2.05) is 6.92 Å². The van der Waals surface area contributed by atoms with Crippen molar-refractivity contribution in [3.8, 4) is 0 Å². The van der Waals surface area contributed by atoms with E-state index in [0.29, 0.717) is 24.9 Å². The Balaban J connectivity index is 1.93. The minimum Gasteiger partial charge on any atom is -0.390 e. The summed E-state index contributed by atoms with van der Waals surface area (Å²) in [5.41, 5.74) is -0.592. The fraction of sp³-hybridized carbons (Fsp3) is 1.00. The van der Waals surface area contributed by atoms with Gasteiger partial charge in [-0.05, 0) is 50.9 Å². The van der Waals surface area contributed by atoms with E-state index in [4.69, 9.17) is 0 Å². The summed E-state index contributed by atoms with van der Waals surface area (Å²) >= 11 is 0. The number of hydrogen-bond donors (Lipinski definition) is 1. The SMILES string of the molecule is CC(O)(CC1CCCN(S(C)(=O)=O)C1)C1CC1. The Morgan fingerprint density at radius 1 is 1.35 bits per heavy atom. The van der Waals surface area contributed by atoms with E-state index in [9.17, 15) is 13.5 Å². The van der Waals surface area contributed by atoms with Crippen LogP contribution in [0.5, 0.6) is 0 Å². The fourth-order valence-electron chi connectivity index (χ4n) is 2.95. The molecule has 1 aliphatic heterocycles. The van der Waals surface area contributed by atoms with Crippen molar-refractivity contribution < 1.29 is 13.5 Å². The predicted octanol–water partition coefficient (Wildman–Crippen LogP) is 1.21. The summed E-state index contributed by atoms with van der Waals surface area (Å²) in [7, 11) is -3.07. The summed E-state index contributed by atoms with van der Waals surface area (Å²) in [6.07, 6.45) is 6.20. The van der Waals surface area contributed by atoms with Crippen LogP contribution >= 0.6 is 0 Å². The van der Waals surface area contributed by atoms with Crippen LogP contribution in [0.2, 0.25) is 0 Å². The van der Waals surface area contributed by atoms with E-state index in [2.05, 4.69) is 0 Å². The van der Waals surface area contributed by atoms with Crippen LogP contribution in [0.3, 0.4) is 0 Å². The minimum atomic E-state index is -3.07. The van der Waals surface area contributed by atoms with Crippen molar-refractivity contribution in [2.24, 2.45) is 11.8 Å². The van der Waals surface area contributed by atoms with Gasteiger partial charge in [0.15, 0.2) is 0 Å². The van der Waals surface area contributed by atoms with Gasteiger partial charge in [0.1, 0.15) is 0 Å². The highest BCUT2D eigenvalue weighted by Crippen LogP contribution is 2.43. The lowest BCUT2D eigenvalue weighted by Crippen LogP contribution is -2.42. The lowest BCUT2D eigenvalue weighted by molar-refractivity contribution is 0.00467. The first-order valence-corrected chi connectivity index (χ1v) is 8.31. The second kappa shape index (κ2) is 4.52. The lowest BCUT2D eigenvalue weighted by Gasteiger charge is -2.35. The maximum absolute atomic E-state index is 11.5. The zero-order valence-corrected chi connectivity index (χ0v) is 11.5. The number of piperidine rings is 1. The van der Waals surface area contributed by atoms with Crippen LogP contribution in [-0.4, -0.2) is 42.8 Å². The van der Waals surface area contributed by atoms with Crippen molar-refractivity contribution in [3.05, 3.63) is 0 Å². The van der Waals surface area contributed by atoms with Gasteiger partial charge in [0, 0.05) is 13.1 Å². The molecule has 0 aromatic carbocycles. The van der Waals surface area contributed by atoms with Gasteiger partial charge in [0.25, 0.3) is 0 Å². The van der Waals surface area contributed by atoms with Crippen molar-refractivity contribution >= 4 is 10.0 Å². The first kappa shape index (κ1) is 13.3. The fourth-order valence-corrected chi connectivity index (χ4v) is 3.89. The molecule has 0 aromatic heterocycles. The molecule has 1 saturated heterocycles. The smallest absolute Gasteiger partial charge is 0.211 e. The van der Waals surface area contributed by atoms with Gasteiger partial charge in [0.2, 0.25) is 10.0 Å². The van der Waals surface area contributed by atoms with E-state index < -0.39 is 15.6 Å². The quantitative estimate of drug-likeness (QED) is 0.827. The number of hydrogen-bond acceptors (Lipinski definition) is 3. The number of aliphatic hydroxyl groups is 1. The second-order valence-corrected chi connectivity index (χ2v) is 7.95. The van der Waals surface area contributed by atoms with Crippen molar-refractivity contribution in [3.63, 3.8) is 0 Å². The number of sulfonamides is 1. The molecular formula is C12H23NO3S. The Hall–Kier alpha value is -0.130. The maximum atomic E-state index is 11.5. The molecule has 2 fully saturated rings. The number of nitrogens with zero attached hydrogens (tertiary/aromatic N) is 1. The van der Waals surface area contributed by atoms with Gasteiger partial charge in [-0.2, -0.15) is 0 Å². The molecule has 2 atom stereocenters. The highest BCUT2D eigenvalue weighted by Gasteiger charge is 2.42. The van der Waals surface area contributed by atoms with Gasteiger partial charge < -0.3 is 5.11 Å². The average Bonchev–Trinajstić information content (AvgIpc) is 2.99. The topological polar surface area (TPSA) is 57.6 Å². The Morgan fingerprint density at radius 3 is 2.53 bits per heavy atom. The van der Waals surface area contributed by atoms with Crippen LogP contribution in [0.1, 0.15) is 39.0 Å². The second-order valence-electron chi connectivity index (χ2n) is 5.96. The summed E-state index contributed by atoms with van der Waals surface area (Å²) in [5, 5.41) is 10.3. The van der Waals surface area contributed by atoms with Gasteiger partial charge in [-0.1, -0.05) is 0 Å². The number of rotatable bonds is 4.